The third-order valence-corrected chi connectivity index (χ3v) is 6.20. The molecule has 1 aromatic carbocycles. The molecule has 1 aromatic heterocycles. The van der Waals surface area contributed by atoms with Crippen molar-refractivity contribution in [3.05, 3.63) is 42.0 Å². The molecule has 5 rings (SSSR count). The van der Waals surface area contributed by atoms with Crippen LogP contribution in [0.2, 0.25) is 0 Å². The quantitative estimate of drug-likeness (QED) is 0.666. The molecule has 32 heavy (non-hydrogen) atoms. The zero-order valence-electron chi connectivity index (χ0n) is 18.1. The average Bonchev–Trinajstić information content (AvgIpc) is 3.32. The Labute approximate surface area is 187 Å². The van der Waals surface area contributed by atoms with E-state index < -0.39 is 0 Å². The molecule has 0 bridgehead atoms. The summed E-state index contributed by atoms with van der Waals surface area (Å²) in [6.45, 7) is 2.98. The lowest BCUT2D eigenvalue weighted by molar-refractivity contribution is -0.126. The highest BCUT2D eigenvalue weighted by Crippen LogP contribution is 2.32. The number of hydrogen-bond acceptors (Lipinski definition) is 7. The number of amides is 1. The van der Waals surface area contributed by atoms with Crippen molar-refractivity contribution < 1.29 is 19.0 Å². The molecule has 168 valence electrons. The van der Waals surface area contributed by atoms with Crippen LogP contribution in [0.15, 0.2) is 36.4 Å². The monoisotopic (exact) mass is 436 g/mol. The highest BCUT2D eigenvalue weighted by atomic mass is 16.7. The van der Waals surface area contributed by atoms with E-state index in [1.165, 1.54) is 19.3 Å². The molecule has 0 spiro atoms. The number of piperazine rings is 1. The molecule has 0 atom stereocenters. The number of aromatic nitrogens is 2. The fourth-order valence-corrected chi connectivity index (χ4v) is 4.34. The summed E-state index contributed by atoms with van der Waals surface area (Å²) in [5, 5.41) is 8.62. The number of hydrogen-bond donors (Lipinski definition) is 0. The van der Waals surface area contributed by atoms with E-state index in [-0.39, 0.29) is 18.8 Å². The Bertz CT molecular complexity index is 964. The van der Waals surface area contributed by atoms with Crippen LogP contribution in [0.4, 0.5) is 5.82 Å². The van der Waals surface area contributed by atoms with Crippen molar-refractivity contribution in [3.8, 4) is 17.4 Å². The Kier molecular flexibility index (Phi) is 6.09. The van der Waals surface area contributed by atoms with Crippen molar-refractivity contribution in [2.24, 2.45) is 0 Å². The first kappa shape index (κ1) is 20.6. The lowest BCUT2D eigenvalue weighted by atomic mass is 9.98. The first-order valence-corrected chi connectivity index (χ1v) is 11.4. The second-order valence-corrected chi connectivity index (χ2v) is 8.37. The van der Waals surface area contributed by atoms with Crippen LogP contribution in [0.25, 0.3) is 6.08 Å². The minimum atomic E-state index is 0.00429. The van der Waals surface area contributed by atoms with Crippen LogP contribution >= 0.6 is 0 Å². The number of nitrogens with zero attached hydrogens (tertiary/aromatic N) is 4. The summed E-state index contributed by atoms with van der Waals surface area (Å²) in [6, 6.07) is 9.52. The van der Waals surface area contributed by atoms with Crippen molar-refractivity contribution in [1.29, 1.82) is 0 Å². The van der Waals surface area contributed by atoms with Crippen LogP contribution in [-0.4, -0.2) is 60.1 Å². The van der Waals surface area contributed by atoms with E-state index in [9.17, 15) is 4.79 Å². The number of benzene rings is 1. The van der Waals surface area contributed by atoms with Crippen LogP contribution in [0.5, 0.6) is 17.4 Å². The summed E-state index contributed by atoms with van der Waals surface area (Å²) in [7, 11) is 0. The Morgan fingerprint density at radius 3 is 2.56 bits per heavy atom. The van der Waals surface area contributed by atoms with E-state index in [0.717, 1.165) is 43.1 Å². The maximum atomic E-state index is 12.6. The minimum Gasteiger partial charge on any atom is -0.473 e. The van der Waals surface area contributed by atoms with E-state index in [2.05, 4.69) is 15.1 Å². The van der Waals surface area contributed by atoms with Crippen LogP contribution < -0.4 is 19.1 Å². The molecular weight excluding hydrogens is 408 g/mol. The van der Waals surface area contributed by atoms with E-state index in [0.29, 0.717) is 24.7 Å². The topological polar surface area (TPSA) is 77.0 Å². The smallest absolute Gasteiger partial charge is 0.246 e. The molecule has 0 unspecified atom stereocenters. The van der Waals surface area contributed by atoms with Crippen molar-refractivity contribution in [3.63, 3.8) is 0 Å². The van der Waals surface area contributed by atoms with Crippen LogP contribution in [0, 0.1) is 0 Å². The molecule has 1 amide bonds. The zero-order chi connectivity index (χ0) is 21.8. The van der Waals surface area contributed by atoms with Gasteiger partial charge in [0.25, 0.3) is 0 Å². The standard InChI is InChI=1S/C24H28N4O4/c29-24(11-7-18-6-8-20-21(16-18)31-17-30-20)28-14-12-27(13-15-28)22-9-10-23(26-25-22)32-19-4-2-1-3-5-19/h6-11,16,19H,1-5,12-15,17H2/b11-7+. The maximum Gasteiger partial charge on any atom is 0.246 e. The predicted octanol–water partition coefficient (Wildman–Crippen LogP) is 3.28. The first-order valence-electron chi connectivity index (χ1n) is 11.4. The Morgan fingerprint density at radius 1 is 0.969 bits per heavy atom. The van der Waals surface area contributed by atoms with Gasteiger partial charge in [-0.25, -0.2) is 0 Å². The number of anilines is 1. The lowest BCUT2D eigenvalue weighted by Crippen LogP contribution is -2.48. The summed E-state index contributed by atoms with van der Waals surface area (Å²) in [5.41, 5.74) is 0.909. The van der Waals surface area contributed by atoms with Gasteiger partial charge in [0.1, 0.15) is 6.10 Å². The lowest BCUT2D eigenvalue weighted by Gasteiger charge is -2.34. The second-order valence-electron chi connectivity index (χ2n) is 8.37. The molecule has 2 aromatic rings. The van der Waals surface area contributed by atoms with E-state index in [1.807, 2.05) is 41.3 Å². The van der Waals surface area contributed by atoms with Gasteiger partial charge in [-0.2, -0.15) is 0 Å². The highest BCUT2D eigenvalue weighted by molar-refractivity contribution is 5.92. The molecule has 1 saturated carbocycles. The summed E-state index contributed by atoms with van der Waals surface area (Å²) in [5.74, 6) is 2.88. The molecule has 0 radical (unpaired) electrons. The van der Waals surface area contributed by atoms with Gasteiger partial charge < -0.3 is 24.0 Å². The van der Waals surface area contributed by atoms with Crippen molar-refractivity contribution in [2.75, 3.05) is 37.9 Å². The zero-order valence-corrected chi connectivity index (χ0v) is 18.1. The predicted molar refractivity (Wildman–Crippen MR) is 120 cm³/mol. The van der Waals surface area contributed by atoms with Gasteiger partial charge in [-0.3, -0.25) is 4.79 Å². The number of fused-ring (bicyclic) bond motifs is 1. The molecule has 2 aliphatic heterocycles. The molecule has 8 nitrogen and oxygen atoms in total. The van der Waals surface area contributed by atoms with E-state index in [4.69, 9.17) is 14.2 Å². The molecule has 1 saturated heterocycles. The van der Waals surface area contributed by atoms with E-state index >= 15 is 0 Å². The Hall–Kier alpha value is -3.29. The van der Waals surface area contributed by atoms with Gasteiger partial charge in [0.2, 0.25) is 18.6 Å². The largest absolute Gasteiger partial charge is 0.473 e. The molecule has 2 fully saturated rings. The number of rotatable bonds is 5. The van der Waals surface area contributed by atoms with Gasteiger partial charge in [0.15, 0.2) is 17.3 Å². The minimum absolute atomic E-state index is 0.00429. The van der Waals surface area contributed by atoms with Gasteiger partial charge in [0, 0.05) is 38.3 Å². The summed E-state index contributed by atoms with van der Waals surface area (Å²) >= 11 is 0. The van der Waals surface area contributed by atoms with Crippen molar-refractivity contribution in [2.45, 2.75) is 38.2 Å². The summed E-state index contributed by atoms with van der Waals surface area (Å²) in [4.78, 5) is 16.6. The fourth-order valence-electron chi connectivity index (χ4n) is 4.34. The van der Waals surface area contributed by atoms with Crippen LogP contribution in [-0.2, 0) is 4.79 Å². The van der Waals surface area contributed by atoms with Gasteiger partial charge in [0.05, 0.1) is 0 Å². The van der Waals surface area contributed by atoms with Crippen LogP contribution in [0.3, 0.4) is 0 Å². The molecule has 0 N–H and O–H groups in total. The molecule has 8 heteroatoms. The Morgan fingerprint density at radius 2 is 1.78 bits per heavy atom. The van der Waals surface area contributed by atoms with Gasteiger partial charge >= 0.3 is 0 Å². The molecule has 1 aliphatic carbocycles. The normalized spacial score (nSPS) is 18.9. The third kappa shape index (κ3) is 4.79. The summed E-state index contributed by atoms with van der Waals surface area (Å²) in [6.07, 6.45) is 9.65. The first-order chi connectivity index (χ1) is 15.7. The average molecular weight is 437 g/mol. The SMILES string of the molecule is O=C(/C=C/c1ccc2c(c1)OCO2)N1CCN(c2ccc(OC3CCCCC3)nn2)CC1. The molecule has 3 heterocycles. The van der Waals surface area contributed by atoms with Gasteiger partial charge in [-0.15, -0.1) is 10.2 Å². The summed E-state index contributed by atoms with van der Waals surface area (Å²) < 4.78 is 16.7. The van der Waals surface area contributed by atoms with Crippen molar-refractivity contribution in [1.82, 2.24) is 15.1 Å². The second kappa shape index (κ2) is 9.46. The number of carbonyl (C=O) groups excluding carboxylic acids is 1. The molecule has 3 aliphatic rings. The fraction of sp³-hybridized carbons (Fsp3) is 0.458. The maximum absolute atomic E-state index is 12.6. The van der Waals surface area contributed by atoms with Crippen LogP contribution in [0.1, 0.15) is 37.7 Å². The van der Waals surface area contributed by atoms with Crippen molar-refractivity contribution >= 4 is 17.8 Å². The number of ether oxygens (including phenoxy) is 3. The Balaban J connectivity index is 1.11. The molecular formula is C24H28N4O4. The number of carbonyl (C=O) groups is 1. The highest BCUT2D eigenvalue weighted by Gasteiger charge is 2.22. The van der Waals surface area contributed by atoms with E-state index in [1.54, 1.807) is 6.08 Å². The van der Waals surface area contributed by atoms with Gasteiger partial charge in [-0.05, 0) is 55.5 Å². The third-order valence-electron chi connectivity index (χ3n) is 6.20. The van der Waals surface area contributed by atoms with Gasteiger partial charge in [-0.1, -0.05) is 12.5 Å².